The summed E-state index contributed by atoms with van der Waals surface area (Å²) in [5, 5.41) is 0. The van der Waals surface area contributed by atoms with E-state index >= 15 is 0 Å². The summed E-state index contributed by atoms with van der Waals surface area (Å²) in [5.74, 6) is 0.473. The van der Waals surface area contributed by atoms with E-state index in [4.69, 9.17) is 4.74 Å². The van der Waals surface area contributed by atoms with Crippen LogP contribution in [0.15, 0.2) is 41.2 Å². The van der Waals surface area contributed by atoms with Gasteiger partial charge in [-0.1, -0.05) is 12.1 Å². The minimum Gasteiger partial charge on any atom is -0.406 e. The maximum absolute atomic E-state index is 13.3. The van der Waals surface area contributed by atoms with Gasteiger partial charge in [0.1, 0.15) is 5.75 Å². The van der Waals surface area contributed by atoms with Crippen LogP contribution in [0, 0.1) is 5.92 Å². The van der Waals surface area contributed by atoms with Crippen LogP contribution in [0.4, 0.5) is 13.2 Å². The zero-order valence-corrected chi connectivity index (χ0v) is 17.1. The van der Waals surface area contributed by atoms with Gasteiger partial charge in [0.05, 0.1) is 0 Å². The highest BCUT2D eigenvalue weighted by Gasteiger charge is 2.37. The van der Waals surface area contributed by atoms with Gasteiger partial charge in [-0.3, -0.25) is 9.69 Å². The monoisotopic (exact) mass is 434 g/mol. The van der Waals surface area contributed by atoms with Gasteiger partial charge in [0.2, 0.25) is 0 Å². The number of fused-ring (bicyclic) bond motifs is 4. The zero-order valence-electron chi connectivity index (χ0n) is 17.1. The highest BCUT2D eigenvalue weighted by Crippen LogP contribution is 2.37. The normalized spacial score (nSPS) is 24.6. The van der Waals surface area contributed by atoms with Crippen LogP contribution >= 0.6 is 0 Å². The van der Waals surface area contributed by atoms with Crippen LogP contribution in [0.5, 0.6) is 5.75 Å². The molecule has 0 radical (unpaired) electrons. The number of alkyl halides is 3. The van der Waals surface area contributed by atoms with Gasteiger partial charge >= 0.3 is 6.36 Å². The van der Waals surface area contributed by atoms with Crippen LogP contribution in [0.3, 0.4) is 0 Å². The quantitative estimate of drug-likeness (QED) is 0.732. The van der Waals surface area contributed by atoms with Gasteiger partial charge in [-0.25, -0.2) is 0 Å². The first-order chi connectivity index (χ1) is 14.9. The fourth-order valence-corrected chi connectivity index (χ4v) is 5.39. The first kappa shape index (κ1) is 20.6. The van der Waals surface area contributed by atoms with Gasteiger partial charge in [0, 0.05) is 56.1 Å². The van der Waals surface area contributed by atoms with Crippen molar-refractivity contribution in [1.82, 2.24) is 9.47 Å². The molecule has 0 spiro atoms. The SMILES string of the molecule is O=c1c(-c2ccc(OC(F)(F)F)cc2)ccc2n1CC1CC2CN(C2CCOCC2)C1. The van der Waals surface area contributed by atoms with Crippen molar-refractivity contribution in [2.24, 2.45) is 5.92 Å². The molecule has 5 nitrogen and oxygen atoms in total. The molecule has 166 valence electrons. The van der Waals surface area contributed by atoms with Crippen LogP contribution in [0.25, 0.3) is 11.1 Å². The van der Waals surface area contributed by atoms with Crippen molar-refractivity contribution >= 4 is 0 Å². The average molecular weight is 434 g/mol. The fraction of sp³-hybridized carbons (Fsp3) is 0.522. The number of rotatable bonds is 3. The summed E-state index contributed by atoms with van der Waals surface area (Å²) in [6, 6.07) is 9.88. The molecule has 2 saturated heterocycles. The molecule has 2 aromatic rings. The maximum atomic E-state index is 13.3. The van der Waals surface area contributed by atoms with Crippen LogP contribution in [-0.4, -0.2) is 48.2 Å². The summed E-state index contributed by atoms with van der Waals surface area (Å²) in [7, 11) is 0. The number of aromatic nitrogens is 1. The van der Waals surface area contributed by atoms with Gasteiger partial charge < -0.3 is 14.0 Å². The summed E-state index contributed by atoms with van der Waals surface area (Å²) in [4.78, 5) is 15.8. The molecule has 2 fully saturated rings. The van der Waals surface area contributed by atoms with E-state index in [0.29, 0.717) is 35.5 Å². The molecule has 8 heteroatoms. The molecule has 0 amide bonds. The lowest BCUT2D eigenvalue weighted by molar-refractivity contribution is -0.274. The Morgan fingerprint density at radius 1 is 0.968 bits per heavy atom. The Kier molecular flexibility index (Phi) is 5.30. The topological polar surface area (TPSA) is 43.7 Å². The molecular formula is C23H25F3N2O3. The van der Waals surface area contributed by atoms with Crippen molar-refractivity contribution < 1.29 is 22.6 Å². The number of halogens is 3. The van der Waals surface area contributed by atoms with Gasteiger partial charge in [-0.2, -0.15) is 0 Å². The third-order valence-corrected chi connectivity index (χ3v) is 6.74. The summed E-state index contributed by atoms with van der Waals surface area (Å²) >= 11 is 0. The van der Waals surface area contributed by atoms with Crippen LogP contribution in [0.1, 0.15) is 30.9 Å². The number of hydrogen-bond acceptors (Lipinski definition) is 4. The van der Waals surface area contributed by atoms with Gasteiger partial charge in [0.15, 0.2) is 0 Å². The lowest BCUT2D eigenvalue weighted by atomic mass is 9.81. The molecule has 2 unspecified atom stereocenters. The Hall–Kier alpha value is -2.32. The van der Waals surface area contributed by atoms with E-state index in [0.717, 1.165) is 51.3 Å². The Morgan fingerprint density at radius 3 is 2.42 bits per heavy atom. The van der Waals surface area contributed by atoms with Gasteiger partial charge in [0.25, 0.3) is 5.56 Å². The number of hydrogen-bond donors (Lipinski definition) is 0. The average Bonchev–Trinajstić information content (AvgIpc) is 2.75. The predicted octanol–water partition coefficient (Wildman–Crippen LogP) is 4.01. The minimum absolute atomic E-state index is 0.0730. The Morgan fingerprint density at radius 2 is 1.71 bits per heavy atom. The molecule has 1 aromatic heterocycles. The second-order valence-corrected chi connectivity index (χ2v) is 8.76. The van der Waals surface area contributed by atoms with Crippen molar-refractivity contribution in [3.05, 3.63) is 52.4 Å². The zero-order chi connectivity index (χ0) is 21.6. The van der Waals surface area contributed by atoms with Gasteiger partial charge in [-0.15, -0.1) is 13.2 Å². The smallest absolute Gasteiger partial charge is 0.406 e. The number of pyridine rings is 1. The lowest BCUT2D eigenvalue weighted by Crippen LogP contribution is -2.51. The van der Waals surface area contributed by atoms with Crippen molar-refractivity contribution in [2.45, 2.75) is 44.1 Å². The number of benzene rings is 1. The van der Waals surface area contributed by atoms with E-state index < -0.39 is 6.36 Å². The molecule has 1 aromatic carbocycles. The van der Waals surface area contributed by atoms with E-state index in [1.165, 1.54) is 24.3 Å². The molecule has 31 heavy (non-hydrogen) atoms. The minimum atomic E-state index is -4.73. The second-order valence-electron chi connectivity index (χ2n) is 8.76. The van der Waals surface area contributed by atoms with E-state index in [-0.39, 0.29) is 11.3 Å². The lowest BCUT2D eigenvalue weighted by Gasteiger charge is -2.46. The van der Waals surface area contributed by atoms with Crippen LogP contribution < -0.4 is 10.3 Å². The number of ether oxygens (including phenoxy) is 2. The number of piperidine rings is 1. The molecule has 2 atom stereocenters. The first-order valence-corrected chi connectivity index (χ1v) is 10.8. The summed E-state index contributed by atoms with van der Waals surface area (Å²) in [6.07, 6.45) is -1.50. The van der Waals surface area contributed by atoms with Crippen LogP contribution in [0.2, 0.25) is 0 Å². The van der Waals surface area contributed by atoms with Crippen molar-refractivity contribution in [1.29, 1.82) is 0 Å². The Labute approximate surface area is 178 Å². The third kappa shape index (κ3) is 4.23. The maximum Gasteiger partial charge on any atom is 0.573 e. The molecule has 4 heterocycles. The highest BCUT2D eigenvalue weighted by atomic mass is 19.4. The van der Waals surface area contributed by atoms with E-state index in [2.05, 4.69) is 9.64 Å². The fourth-order valence-electron chi connectivity index (χ4n) is 5.39. The number of likely N-dealkylation sites (tertiary alicyclic amines) is 1. The van der Waals surface area contributed by atoms with Crippen molar-refractivity contribution in [2.75, 3.05) is 26.3 Å². The highest BCUT2D eigenvalue weighted by molar-refractivity contribution is 5.63. The van der Waals surface area contributed by atoms with E-state index in [9.17, 15) is 18.0 Å². The Balaban J connectivity index is 1.39. The molecule has 2 bridgehead atoms. The summed E-state index contributed by atoms with van der Waals surface area (Å²) < 4.78 is 48.5. The molecule has 5 rings (SSSR count). The van der Waals surface area contributed by atoms with Gasteiger partial charge in [-0.05, 0) is 55.0 Å². The predicted molar refractivity (Wildman–Crippen MR) is 109 cm³/mol. The van der Waals surface area contributed by atoms with Crippen molar-refractivity contribution in [3.8, 4) is 16.9 Å². The third-order valence-electron chi connectivity index (χ3n) is 6.74. The molecule has 0 saturated carbocycles. The Bertz CT molecular complexity index is 997. The molecular weight excluding hydrogens is 409 g/mol. The molecule has 3 aliphatic heterocycles. The van der Waals surface area contributed by atoms with Crippen LogP contribution in [-0.2, 0) is 11.3 Å². The number of nitrogens with zero attached hydrogens (tertiary/aromatic N) is 2. The first-order valence-electron chi connectivity index (χ1n) is 10.8. The molecule has 0 N–H and O–H groups in total. The summed E-state index contributed by atoms with van der Waals surface area (Å²) in [5.41, 5.74) is 2.09. The van der Waals surface area contributed by atoms with E-state index in [1.807, 2.05) is 16.7 Å². The standard InChI is InChI=1S/C23H25F3N2O3/c24-23(25,26)31-19-3-1-16(2-4-19)20-5-6-21-17-11-15(13-28(21)22(20)29)12-27(14-17)18-7-9-30-10-8-18/h1-6,15,17-18H,7-14H2. The second kappa shape index (κ2) is 7.98. The van der Waals surface area contributed by atoms with Crippen molar-refractivity contribution in [3.63, 3.8) is 0 Å². The molecule has 0 aliphatic carbocycles. The molecule has 3 aliphatic rings. The largest absolute Gasteiger partial charge is 0.573 e. The summed E-state index contributed by atoms with van der Waals surface area (Å²) in [6.45, 7) is 4.29. The van der Waals surface area contributed by atoms with E-state index in [1.54, 1.807) is 0 Å².